The highest BCUT2D eigenvalue weighted by molar-refractivity contribution is 5.98. The number of hydrogen-bond donors (Lipinski definition) is 5. The fourth-order valence-electron chi connectivity index (χ4n) is 15.8. The first-order chi connectivity index (χ1) is 56.0. The number of nitrogens with zero attached hydrogens (tertiary/aromatic N) is 4. The monoisotopic (exact) mass is 1670 g/mol. The molecule has 0 radical (unpaired) electrons. The Morgan fingerprint density at radius 2 is 1.21 bits per heavy atom. The number of likely N-dealkylation sites (tertiary alicyclic amines) is 2. The second kappa shape index (κ2) is 50.7. The zero-order valence-corrected chi connectivity index (χ0v) is 72.0. The van der Waals surface area contributed by atoms with Crippen molar-refractivity contribution >= 4 is 70.5 Å². The maximum atomic E-state index is 14.7. The Kier molecular flexibility index (Phi) is 43.0. The molecule has 8 amide bonds. The van der Waals surface area contributed by atoms with Gasteiger partial charge < -0.3 is 74.9 Å². The van der Waals surface area contributed by atoms with Crippen molar-refractivity contribution in [2.75, 3.05) is 113 Å². The number of carbonyl (C=O) groups excluding carboxylic acids is 11. The topological polar surface area (TPSA) is 339 Å². The summed E-state index contributed by atoms with van der Waals surface area (Å²) in [5.74, 6) is -16.3. The first kappa shape index (κ1) is 100. The molecule has 6 N–H and O–H groups in total. The summed E-state index contributed by atoms with van der Waals surface area (Å²) in [6, 6.07) is 12.7. The summed E-state index contributed by atoms with van der Waals surface area (Å²) >= 11 is 0. The number of benzene rings is 3. The van der Waals surface area contributed by atoms with Gasteiger partial charge in [0.25, 0.3) is 0 Å². The van der Waals surface area contributed by atoms with Gasteiger partial charge in [-0.15, -0.1) is 0 Å². The van der Waals surface area contributed by atoms with Gasteiger partial charge in [0.2, 0.25) is 52.8 Å². The Morgan fingerprint density at radius 3 is 1.75 bits per heavy atom. The Hall–Kier alpha value is -8.33. The lowest BCUT2D eigenvalue weighted by Crippen LogP contribution is -2.54. The Labute approximate surface area is 694 Å². The number of halogens is 4. The number of amides is 8. The van der Waals surface area contributed by atoms with Crippen molar-refractivity contribution in [3.63, 3.8) is 0 Å². The molecule has 2 saturated heterocycles. The van der Waals surface area contributed by atoms with Crippen molar-refractivity contribution in [2.45, 2.75) is 215 Å². The minimum absolute atomic E-state index is 0.00339. The number of likely N-dealkylation sites (N-methyl/N-ethyl adjacent to an activating group) is 2. The number of nitrogens with two attached hydrogens (primary N) is 1. The van der Waals surface area contributed by atoms with Crippen LogP contribution in [0.2, 0.25) is 0 Å². The van der Waals surface area contributed by atoms with E-state index in [1.807, 2.05) is 90.9 Å². The van der Waals surface area contributed by atoms with Gasteiger partial charge in [-0.1, -0.05) is 111 Å². The van der Waals surface area contributed by atoms with Crippen LogP contribution < -0.4 is 31.7 Å². The van der Waals surface area contributed by atoms with Crippen LogP contribution in [0.25, 0.3) is 0 Å². The standard InChI is InChI=1S/C87H131F4N9O18/c1-17-55(8)80(98(14)85(109)65(52(2)3)49-69(103)79(54(6)7)97(12)13)70(112-15)50-73(106)100-35-22-26-66(100)81(113-16)57(10)67(101)48-63(46-59-23-19-18-20-24-59)83(107)94-51-60-27-29-64(30-28-60)95-84(108)61(25-21-34-93-87(92)111)47-68(102)78(53(4)5)96-71(104)32-37-114-39-41-116-43-44-117-42-40-115-38-33-72(105)99-36-31-62(45-56(99)9)86(110)118-82-76(90)74(88)58(11)75(89)77(82)91/h18-20,23-24,27-30,52-57,61-63,65-66,70,78-81H,17,21-22,25-26,31-51H2,1-16H3,(H,94,107)(H,95,108)(H,96,104)(H3,92,93,111)/t55-,56?,57-,61+,62?,63+,65-,66-,70+,78-,79-,80-,81+/m0/s1. The lowest BCUT2D eigenvalue weighted by molar-refractivity contribution is -0.149. The Morgan fingerprint density at radius 1 is 0.619 bits per heavy atom. The maximum absolute atomic E-state index is 14.7. The molecule has 2 aliphatic rings. The molecule has 0 bridgehead atoms. The summed E-state index contributed by atoms with van der Waals surface area (Å²) < 4.78 is 96.0. The van der Waals surface area contributed by atoms with E-state index in [1.54, 1.807) is 80.8 Å². The molecule has 660 valence electrons. The van der Waals surface area contributed by atoms with E-state index in [4.69, 9.17) is 38.9 Å². The first-order valence-corrected chi connectivity index (χ1v) is 41.5. The molecule has 13 atom stereocenters. The van der Waals surface area contributed by atoms with Crippen LogP contribution in [0, 0.1) is 83.5 Å². The minimum Gasteiger partial charge on any atom is -0.420 e. The number of urea groups is 1. The Bertz CT molecular complexity index is 3710. The average Bonchev–Trinajstić information content (AvgIpc) is 1.11. The number of anilines is 1. The highest BCUT2D eigenvalue weighted by Gasteiger charge is 2.45. The van der Waals surface area contributed by atoms with Crippen molar-refractivity contribution < 1.29 is 103 Å². The average molecular weight is 1670 g/mol. The third kappa shape index (κ3) is 30.7. The smallest absolute Gasteiger partial charge is 0.314 e. The molecule has 0 spiro atoms. The van der Waals surface area contributed by atoms with E-state index in [1.165, 1.54) is 7.11 Å². The van der Waals surface area contributed by atoms with Crippen molar-refractivity contribution in [3.8, 4) is 5.75 Å². The third-order valence-electron chi connectivity index (χ3n) is 22.6. The number of ether oxygens (including phenoxy) is 7. The molecule has 3 aromatic carbocycles. The van der Waals surface area contributed by atoms with Crippen molar-refractivity contribution in [1.82, 2.24) is 35.6 Å². The summed E-state index contributed by atoms with van der Waals surface area (Å²) in [4.78, 5) is 158. The van der Waals surface area contributed by atoms with Gasteiger partial charge in [-0.25, -0.2) is 13.6 Å². The number of esters is 1. The number of ketones is 3. The molecule has 2 unspecified atom stereocenters. The van der Waals surface area contributed by atoms with Crippen LogP contribution in [-0.2, 0) is 89.3 Å². The van der Waals surface area contributed by atoms with Crippen molar-refractivity contribution in [2.24, 2.45) is 59.0 Å². The normalized spacial score (nSPS) is 17.6. The quantitative estimate of drug-likeness (QED) is 0.0115. The molecular formula is C87H131F4N9O18. The maximum Gasteiger partial charge on any atom is 0.314 e. The van der Waals surface area contributed by atoms with Gasteiger partial charge in [0, 0.05) is 114 Å². The zero-order valence-electron chi connectivity index (χ0n) is 72.0. The largest absolute Gasteiger partial charge is 0.420 e. The van der Waals surface area contributed by atoms with E-state index in [-0.39, 0.29) is 207 Å². The molecule has 0 saturated carbocycles. The lowest BCUT2D eigenvalue weighted by atomic mass is 9.83. The van der Waals surface area contributed by atoms with Crippen LogP contribution >= 0.6 is 0 Å². The molecule has 5 rings (SSSR count). The molecule has 2 aliphatic heterocycles. The summed E-state index contributed by atoms with van der Waals surface area (Å²) in [5.41, 5.74) is 6.36. The Balaban J connectivity index is 1.07. The number of methoxy groups -OCH3 is 2. The van der Waals surface area contributed by atoms with Crippen LogP contribution in [0.5, 0.6) is 5.75 Å². The molecule has 0 aromatic heterocycles. The van der Waals surface area contributed by atoms with Gasteiger partial charge in [0.15, 0.2) is 23.2 Å². The van der Waals surface area contributed by atoms with Crippen LogP contribution in [0.15, 0.2) is 54.6 Å². The van der Waals surface area contributed by atoms with Gasteiger partial charge >= 0.3 is 12.0 Å². The number of primary amides is 1. The van der Waals surface area contributed by atoms with E-state index < -0.39 is 124 Å². The highest BCUT2D eigenvalue weighted by atomic mass is 19.2. The summed E-state index contributed by atoms with van der Waals surface area (Å²) in [6.07, 6.45) is 1.10. The fraction of sp³-hybridized carbons (Fsp3) is 0.667. The summed E-state index contributed by atoms with van der Waals surface area (Å²) in [7, 11) is 8.56. The second-order valence-corrected chi connectivity index (χ2v) is 32.6. The van der Waals surface area contributed by atoms with Crippen molar-refractivity contribution in [1.29, 1.82) is 0 Å². The molecule has 31 heteroatoms. The van der Waals surface area contributed by atoms with E-state index in [0.717, 1.165) is 12.5 Å². The highest BCUT2D eigenvalue weighted by Crippen LogP contribution is 2.35. The molecular weight excluding hydrogens is 1530 g/mol. The van der Waals surface area contributed by atoms with E-state index in [9.17, 15) is 70.3 Å². The molecule has 118 heavy (non-hydrogen) atoms. The molecule has 2 fully saturated rings. The third-order valence-corrected chi connectivity index (χ3v) is 22.6. The SMILES string of the molecule is CC[C@H](C)[C@@H]([C@@H](CC(=O)N1CCC[C@H]1[C@H](OC)[C@@H](C)C(=O)C[C@@H](Cc1ccccc1)C(=O)NCc1ccc(NC(=O)[C@H](CCCNC(N)=O)CC(=O)[C@@H](NC(=O)CCOCCOCCOCCOCCC(=O)N2CCC(C(=O)Oc3c(F)c(F)c(C)c(F)c3F)CC2C)C(C)C)cc1)OC)N(C)C(=O)[C@@H](CC(=O)[C@H](C(C)C)N(C)C)C(C)C. The van der Waals surface area contributed by atoms with Crippen molar-refractivity contribution in [3.05, 3.63) is 94.6 Å². The number of Topliss-reactive ketones (excluding diaryl/α,β-unsaturated/α-hetero) is 3. The summed E-state index contributed by atoms with van der Waals surface area (Å²) in [5, 5.41) is 11.2. The van der Waals surface area contributed by atoms with Crippen LogP contribution in [-0.4, -0.2) is 235 Å². The van der Waals surface area contributed by atoms with E-state index in [2.05, 4.69) is 21.3 Å². The first-order valence-electron chi connectivity index (χ1n) is 41.5. The number of rotatable bonds is 53. The molecule has 3 aromatic rings. The predicted molar refractivity (Wildman–Crippen MR) is 436 cm³/mol. The van der Waals surface area contributed by atoms with Crippen LogP contribution in [0.3, 0.4) is 0 Å². The predicted octanol–water partition coefficient (Wildman–Crippen LogP) is 9.91. The van der Waals surface area contributed by atoms with Crippen LogP contribution in [0.1, 0.15) is 169 Å². The molecule has 2 heterocycles. The summed E-state index contributed by atoms with van der Waals surface area (Å²) in [6.45, 7) is 21.9. The zero-order chi connectivity index (χ0) is 87.6. The number of nitrogens with one attached hydrogen (secondary N) is 4. The second-order valence-electron chi connectivity index (χ2n) is 32.6. The number of hydrogen-bond acceptors (Lipinski definition) is 19. The van der Waals surface area contributed by atoms with Gasteiger partial charge in [-0.2, -0.15) is 8.78 Å². The molecule has 0 aliphatic carbocycles. The van der Waals surface area contributed by atoms with E-state index >= 15 is 0 Å². The van der Waals surface area contributed by atoms with Gasteiger partial charge in [-0.05, 0) is 120 Å². The lowest BCUT2D eigenvalue weighted by Gasteiger charge is -2.41. The molecule has 27 nitrogen and oxygen atoms in total. The number of carbonyl (C=O) groups is 11. The van der Waals surface area contributed by atoms with Crippen LogP contribution in [0.4, 0.5) is 28.0 Å². The number of piperidine rings is 1. The minimum atomic E-state index is -1.81. The van der Waals surface area contributed by atoms with E-state index in [0.29, 0.717) is 43.5 Å². The van der Waals surface area contributed by atoms with Gasteiger partial charge in [0.05, 0.1) is 108 Å². The van der Waals surface area contributed by atoms with Gasteiger partial charge in [0.1, 0.15) is 5.78 Å². The fourth-order valence-corrected chi connectivity index (χ4v) is 15.8. The van der Waals surface area contributed by atoms with Gasteiger partial charge in [-0.3, -0.25) is 52.8 Å².